The Hall–Kier alpha value is -1.30. The molecule has 2 aliphatic heterocycles. The van der Waals surface area contributed by atoms with Crippen LogP contribution in [0, 0.1) is 5.41 Å². The van der Waals surface area contributed by atoms with Crippen LogP contribution in [0.15, 0.2) is 0 Å². The van der Waals surface area contributed by atoms with Crippen molar-refractivity contribution in [2.24, 2.45) is 5.41 Å². The van der Waals surface area contributed by atoms with Crippen molar-refractivity contribution in [1.82, 2.24) is 10.2 Å². The molecule has 0 spiro atoms. The maximum atomic E-state index is 12.2. The van der Waals surface area contributed by atoms with Crippen molar-refractivity contribution < 1.29 is 19.4 Å². The topological polar surface area (TPSA) is 78.9 Å². The first-order valence-electron chi connectivity index (χ1n) is 7.44. The molecule has 0 radical (unpaired) electrons. The third-order valence-electron chi connectivity index (χ3n) is 4.30. The number of carbonyl (C=O) groups is 2. The Kier molecular flexibility index (Phi) is 4.86. The molecule has 2 heterocycles. The molecule has 0 aromatic heterocycles. The highest BCUT2D eigenvalue weighted by Crippen LogP contribution is 2.35. The number of carboxylic acid groups (broad SMARTS) is 1. The Bertz CT molecular complexity index is 364. The first kappa shape index (κ1) is 15.1. The van der Waals surface area contributed by atoms with Crippen LogP contribution in [-0.4, -0.2) is 54.4 Å². The van der Waals surface area contributed by atoms with Crippen molar-refractivity contribution >= 4 is 12.0 Å². The van der Waals surface area contributed by atoms with Gasteiger partial charge in [0.15, 0.2) is 0 Å². The molecule has 2 N–H and O–H groups in total. The van der Waals surface area contributed by atoms with E-state index in [4.69, 9.17) is 4.74 Å². The highest BCUT2D eigenvalue weighted by atomic mass is 16.5. The zero-order valence-corrected chi connectivity index (χ0v) is 12.1. The Morgan fingerprint density at radius 2 is 2.30 bits per heavy atom. The number of amides is 2. The van der Waals surface area contributed by atoms with Gasteiger partial charge in [0.1, 0.15) is 0 Å². The number of urea groups is 1. The van der Waals surface area contributed by atoms with Crippen LogP contribution in [0.25, 0.3) is 0 Å². The van der Waals surface area contributed by atoms with Gasteiger partial charge in [-0.25, -0.2) is 4.79 Å². The van der Waals surface area contributed by atoms with Crippen molar-refractivity contribution in [3.63, 3.8) is 0 Å². The molecule has 2 amide bonds. The lowest BCUT2D eigenvalue weighted by Gasteiger charge is -2.40. The number of carboxylic acids is 1. The molecule has 0 aliphatic carbocycles. The van der Waals surface area contributed by atoms with E-state index in [1.807, 2.05) is 6.92 Å². The van der Waals surface area contributed by atoms with Crippen LogP contribution in [0.5, 0.6) is 0 Å². The molecule has 0 saturated carbocycles. The first-order valence-corrected chi connectivity index (χ1v) is 7.44. The number of rotatable bonds is 4. The van der Waals surface area contributed by atoms with E-state index < -0.39 is 11.4 Å². The Morgan fingerprint density at radius 1 is 1.50 bits per heavy atom. The van der Waals surface area contributed by atoms with Crippen LogP contribution in [0.3, 0.4) is 0 Å². The quantitative estimate of drug-likeness (QED) is 0.819. The van der Waals surface area contributed by atoms with Crippen molar-refractivity contribution in [3.8, 4) is 0 Å². The minimum absolute atomic E-state index is 0.0647. The summed E-state index contributed by atoms with van der Waals surface area (Å²) in [5.41, 5.74) is -0.767. The number of carbonyl (C=O) groups excluding carboxylic acids is 1. The summed E-state index contributed by atoms with van der Waals surface area (Å²) in [6, 6.07) is -0.0863. The number of ether oxygens (including phenoxy) is 1. The van der Waals surface area contributed by atoms with Gasteiger partial charge in [0.25, 0.3) is 0 Å². The SMILES string of the molecule is CCCC1(C(=O)O)CCCN(C(=O)NC2CCOC2)C1. The van der Waals surface area contributed by atoms with E-state index in [0.717, 1.165) is 19.3 Å². The number of nitrogens with one attached hydrogen (secondary N) is 1. The monoisotopic (exact) mass is 284 g/mol. The average Bonchev–Trinajstić information content (AvgIpc) is 2.92. The van der Waals surface area contributed by atoms with Gasteiger partial charge in [-0.1, -0.05) is 13.3 Å². The van der Waals surface area contributed by atoms with E-state index >= 15 is 0 Å². The normalized spacial score (nSPS) is 30.2. The third kappa shape index (κ3) is 3.23. The second kappa shape index (κ2) is 6.43. The molecule has 0 aromatic carbocycles. The molecule has 6 heteroatoms. The summed E-state index contributed by atoms with van der Waals surface area (Å²) in [4.78, 5) is 25.5. The molecule has 2 fully saturated rings. The van der Waals surface area contributed by atoms with Crippen LogP contribution in [0.1, 0.15) is 39.0 Å². The van der Waals surface area contributed by atoms with Crippen LogP contribution in [0.4, 0.5) is 4.79 Å². The van der Waals surface area contributed by atoms with E-state index in [1.54, 1.807) is 4.90 Å². The summed E-state index contributed by atoms with van der Waals surface area (Å²) in [6.07, 6.45) is 3.68. The fraction of sp³-hybridized carbons (Fsp3) is 0.857. The number of nitrogens with zero attached hydrogens (tertiary/aromatic N) is 1. The minimum atomic E-state index is -0.777. The second-order valence-corrected chi connectivity index (χ2v) is 5.87. The van der Waals surface area contributed by atoms with Gasteiger partial charge in [-0.3, -0.25) is 4.79 Å². The zero-order valence-electron chi connectivity index (χ0n) is 12.1. The van der Waals surface area contributed by atoms with Gasteiger partial charge >= 0.3 is 12.0 Å². The predicted octanol–water partition coefficient (Wildman–Crippen LogP) is 1.45. The predicted molar refractivity (Wildman–Crippen MR) is 73.5 cm³/mol. The maximum absolute atomic E-state index is 12.2. The Labute approximate surface area is 119 Å². The first-order chi connectivity index (χ1) is 9.57. The van der Waals surface area contributed by atoms with Gasteiger partial charge in [0.05, 0.1) is 18.1 Å². The Morgan fingerprint density at radius 3 is 2.90 bits per heavy atom. The molecule has 6 nitrogen and oxygen atoms in total. The summed E-state index contributed by atoms with van der Waals surface area (Å²) in [7, 11) is 0. The lowest BCUT2D eigenvalue weighted by molar-refractivity contribution is -0.152. The average molecular weight is 284 g/mol. The van der Waals surface area contributed by atoms with E-state index in [9.17, 15) is 14.7 Å². The van der Waals surface area contributed by atoms with Crippen LogP contribution in [-0.2, 0) is 9.53 Å². The van der Waals surface area contributed by atoms with Crippen molar-refractivity contribution in [2.45, 2.75) is 45.1 Å². The minimum Gasteiger partial charge on any atom is -0.481 e. The van der Waals surface area contributed by atoms with Crippen molar-refractivity contribution in [3.05, 3.63) is 0 Å². The number of piperidine rings is 1. The van der Waals surface area contributed by atoms with Gasteiger partial charge < -0.3 is 20.1 Å². The highest BCUT2D eigenvalue weighted by Gasteiger charge is 2.43. The fourth-order valence-electron chi connectivity index (χ4n) is 3.18. The lowest BCUT2D eigenvalue weighted by Crippen LogP contribution is -2.54. The molecule has 2 aliphatic rings. The summed E-state index contributed by atoms with van der Waals surface area (Å²) >= 11 is 0. The molecule has 2 rings (SSSR count). The summed E-state index contributed by atoms with van der Waals surface area (Å²) < 4.78 is 5.24. The molecular weight excluding hydrogens is 260 g/mol. The standard InChI is InChI=1S/C14H24N2O4/c1-2-5-14(12(17)18)6-3-7-16(10-14)13(19)15-11-4-8-20-9-11/h11H,2-10H2,1H3,(H,15,19)(H,17,18). The summed E-state index contributed by atoms with van der Waals surface area (Å²) in [6.45, 7) is 4.17. The smallest absolute Gasteiger partial charge is 0.317 e. The number of hydrogen-bond donors (Lipinski definition) is 2. The Balaban J connectivity index is 1.97. The molecule has 20 heavy (non-hydrogen) atoms. The lowest BCUT2D eigenvalue weighted by atomic mass is 9.76. The van der Waals surface area contributed by atoms with Crippen molar-refractivity contribution in [2.75, 3.05) is 26.3 Å². The summed E-state index contributed by atoms with van der Waals surface area (Å²) in [5.74, 6) is -0.777. The van der Waals surface area contributed by atoms with Crippen LogP contribution < -0.4 is 5.32 Å². The molecule has 0 bridgehead atoms. The number of aliphatic carboxylic acids is 1. The van der Waals surface area contributed by atoms with Gasteiger partial charge in [-0.15, -0.1) is 0 Å². The molecule has 2 atom stereocenters. The molecule has 2 unspecified atom stereocenters. The van der Waals surface area contributed by atoms with Gasteiger partial charge in [-0.2, -0.15) is 0 Å². The summed E-state index contributed by atoms with van der Waals surface area (Å²) in [5, 5.41) is 12.5. The third-order valence-corrected chi connectivity index (χ3v) is 4.30. The number of likely N-dealkylation sites (tertiary alicyclic amines) is 1. The van der Waals surface area contributed by atoms with Gasteiger partial charge in [-0.05, 0) is 25.7 Å². The highest BCUT2D eigenvalue weighted by molar-refractivity contribution is 5.79. The van der Waals surface area contributed by atoms with Gasteiger partial charge in [0.2, 0.25) is 0 Å². The van der Waals surface area contributed by atoms with E-state index in [0.29, 0.717) is 39.1 Å². The second-order valence-electron chi connectivity index (χ2n) is 5.87. The molecule has 114 valence electrons. The van der Waals surface area contributed by atoms with E-state index in [2.05, 4.69) is 5.32 Å². The zero-order chi connectivity index (χ0) is 14.6. The number of hydrogen-bond acceptors (Lipinski definition) is 3. The largest absolute Gasteiger partial charge is 0.481 e. The molecule has 2 saturated heterocycles. The van der Waals surface area contributed by atoms with Crippen molar-refractivity contribution in [1.29, 1.82) is 0 Å². The van der Waals surface area contributed by atoms with Crippen LogP contribution >= 0.6 is 0 Å². The van der Waals surface area contributed by atoms with Gasteiger partial charge in [0, 0.05) is 19.7 Å². The van der Waals surface area contributed by atoms with E-state index in [1.165, 1.54) is 0 Å². The van der Waals surface area contributed by atoms with E-state index in [-0.39, 0.29) is 12.1 Å². The molecule has 0 aromatic rings. The maximum Gasteiger partial charge on any atom is 0.317 e. The van der Waals surface area contributed by atoms with Crippen LogP contribution in [0.2, 0.25) is 0 Å². The fourth-order valence-corrected chi connectivity index (χ4v) is 3.18. The molecular formula is C14H24N2O4.